The number of cyclic esters (lactones) is 1. The molecule has 0 fully saturated rings. The first-order valence-electron chi connectivity index (χ1n) is 11.2. The quantitative estimate of drug-likeness (QED) is 0.290. The number of hydrogen-bond acceptors (Lipinski definition) is 4. The van der Waals surface area contributed by atoms with E-state index in [9.17, 15) is 4.79 Å². The molecular formula is C25H36O4. The zero-order chi connectivity index (χ0) is 21.2. The third kappa shape index (κ3) is 4.96. The maximum Gasteiger partial charge on any atom is 0.345 e. The van der Waals surface area contributed by atoms with Gasteiger partial charge in [0.25, 0.3) is 0 Å². The Balaban J connectivity index is 2.20. The van der Waals surface area contributed by atoms with Crippen molar-refractivity contribution in [3.63, 3.8) is 0 Å². The topological polar surface area (TPSA) is 44.8 Å². The summed E-state index contributed by atoms with van der Waals surface area (Å²) in [5.74, 6) is 0.455. The molecule has 0 radical (unpaired) electrons. The minimum atomic E-state index is -0.983. The molecule has 0 saturated heterocycles. The lowest BCUT2D eigenvalue weighted by molar-refractivity contribution is -0.128. The van der Waals surface area contributed by atoms with Crippen molar-refractivity contribution in [2.45, 2.75) is 104 Å². The third-order valence-corrected chi connectivity index (χ3v) is 5.61. The molecule has 1 aromatic rings. The molecule has 4 heteroatoms. The highest BCUT2D eigenvalue weighted by molar-refractivity contribution is 5.96. The van der Waals surface area contributed by atoms with E-state index in [-0.39, 0.29) is 18.0 Å². The molecule has 1 aliphatic heterocycles. The van der Waals surface area contributed by atoms with Gasteiger partial charge in [-0.1, -0.05) is 31.4 Å². The minimum Gasteiger partial charge on any atom is -0.491 e. The van der Waals surface area contributed by atoms with Crippen LogP contribution in [0.25, 0.3) is 0 Å². The van der Waals surface area contributed by atoms with E-state index in [1.165, 1.54) is 5.57 Å². The van der Waals surface area contributed by atoms with Gasteiger partial charge in [0.1, 0.15) is 17.1 Å². The van der Waals surface area contributed by atoms with Gasteiger partial charge >= 0.3 is 5.97 Å². The first-order chi connectivity index (χ1) is 13.7. The highest BCUT2D eigenvalue weighted by atomic mass is 16.7. The van der Waals surface area contributed by atoms with Crippen LogP contribution in [-0.4, -0.2) is 17.9 Å². The summed E-state index contributed by atoms with van der Waals surface area (Å²) < 4.78 is 18.2. The third-order valence-electron chi connectivity index (χ3n) is 5.61. The van der Waals surface area contributed by atoms with Gasteiger partial charge in [-0.05, 0) is 64.5 Å². The lowest BCUT2D eigenvalue weighted by atomic mass is 9.82. The van der Waals surface area contributed by atoms with Crippen LogP contribution in [0.3, 0.4) is 0 Å². The zero-order valence-corrected chi connectivity index (χ0v) is 18.9. The van der Waals surface area contributed by atoms with Gasteiger partial charge in [0, 0.05) is 25.3 Å². The number of allylic oxidation sites excluding steroid dienone is 2. The van der Waals surface area contributed by atoms with Gasteiger partial charge < -0.3 is 14.2 Å². The van der Waals surface area contributed by atoms with Crippen molar-refractivity contribution in [2.24, 2.45) is 0 Å². The average molecular weight is 401 g/mol. The van der Waals surface area contributed by atoms with Gasteiger partial charge in [-0.3, -0.25) is 0 Å². The first-order valence-corrected chi connectivity index (χ1v) is 11.2. The number of carbonyl (C=O) groups is 1. The fourth-order valence-electron chi connectivity index (χ4n) is 4.38. The smallest absolute Gasteiger partial charge is 0.345 e. The molecule has 3 rings (SSSR count). The summed E-state index contributed by atoms with van der Waals surface area (Å²) in [5.41, 5.74) is 3.97. The van der Waals surface area contributed by atoms with E-state index in [1.54, 1.807) is 13.8 Å². The summed E-state index contributed by atoms with van der Waals surface area (Å²) in [5, 5.41) is 0. The number of esters is 1. The minimum absolute atomic E-state index is 0.0486. The van der Waals surface area contributed by atoms with Crippen molar-refractivity contribution < 1.29 is 19.0 Å². The molecule has 2 aliphatic rings. The van der Waals surface area contributed by atoms with Crippen molar-refractivity contribution in [3.8, 4) is 11.5 Å². The fourth-order valence-corrected chi connectivity index (χ4v) is 4.38. The van der Waals surface area contributed by atoms with Crippen LogP contribution in [0.1, 0.15) is 107 Å². The number of aryl methyl sites for hydroxylation is 1. The maximum atomic E-state index is 13.0. The Bertz CT molecular complexity index is 789. The molecule has 0 N–H and O–H groups in total. The Morgan fingerprint density at radius 2 is 2.00 bits per heavy atom. The van der Waals surface area contributed by atoms with E-state index in [4.69, 9.17) is 14.2 Å². The second-order valence-corrected chi connectivity index (χ2v) is 9.18. The molecule has 0 aromatic heterocycles. The summed E-state index contributed by atoms with van der Waals surface area (Å²) in [7, 11) is 0. The second kappa shape index (κ2) is 8.81. The van der Waals surface area contributed by atoms with E-state index in [0.717, 1.165) is 61.8 Å². The number of carbonyl (C=O) groups excluding carboxylic acids is 1. The van der Waals surface area contributed by atoms with Gasteiger partial charge in [0.2, 0.25) is 5.79 Å². The maximum absolute atomic E-state index is 13.0. The number of benzene rings is 1. The Morgan fingerprint density at radius 1 is 1.24 bits per heavy atom. The number of hydrogen-bond donors (Lipinski definition) is 0. The molecule has 160 valence electrons. The predicted octanol–water partition coefficient (Wildman–Crippen LogP) is 6.71. The van der Waals surface area contributed by atoms with Crippen molar-refractivity contribution >= 4 is 5.97 Å². The second-order valence-electron chi connectivity index (χ2n) is 9.18. The van der Waals surface area contributed by atoms with Gasteiger partial charge in [-0.15, -0.1) is 0 Å². The molecule has 0 amide bonds. The van der Waals surface area contributed by atoms with Gasteiger partial charge in [-0.25, -0.2) is 4.79 Å². The molecule has 1 aliphatic carbocycles. The molecule has 1 heterocycles. The Morgan fingerprint density at radius 3 is 2.66 bits per heavy atom. The van der Waals surface area contributed by atoms with Crippen LogP contribution in [-0.2, 0) is 11.2 Å². The monoisotopic (exact) mass is 400 g/mol. The molecule has 0 spiro atoms. The van der Waals surface area contributed by atoms with Crippen LogP contribution in [0, 0.1) is 0 Å². The van der Waals surface area contributed by atoms with E-state index < -0.39 is 5.79 Å². The number of unbranched alkanes of at least 4 members (excludes halogenated alkanes) is 2. The highest BCUT2D eigenvalue weighted by Crippen LogP contribution is 2.48. The normalized spacial score (nSPS) is 20.6. The lowest BCUT2D eigenvalue weighted by Crippen LogP contribution is -2.40. The van der Waals surface area contributed by atoms with Crippen molar-refractivity contribution in [1.82, 2.24) is 0 Å². The zero-order valence-electron chi connectivity index (χ0n) is 18.9. The Kier molecular flexibility index (Phi) is 6.60. The summed E-state index contributed by atoms with van der Waals surface area (Å²) in [6.45, 7) is 12.0. The SMILES string of the molecule is CCCCCc1cc(OC(C)C)c([C@@H]2C=C(C)CCC2)c2c1C(=O)OC(C)(C)O2. The molecule has 29 heavy (non-hydrogen) atoms. The fraction of sp³-hybridized carbons (Fsp3) is 0.640. The van der Waals surface area contributed by atoms with Crippen LogP contribution in [0.4, 0.5) is 0 Å². The molecule has 0 unspecified atom stereocenters. The number of rotatable bonds is 7. The molecule has 0 bridgehead atoms. The standard InChI is InChI=1S/C25H36O4/c1-7-8-9-12-19-15-20(27-16(2)3)21(18-13-10-11-17(4)14-18)23-22(19)24(26)29-25(5,6)28-23/h14-16,18H,7-13H2,1-6H3/t18-/m0/s1. The number of fused-ring (bicyclic) bond motifs is 1. The average Bonchev–Trinajstić information content (AvgIpc) is 2.59. The predicted molar refractivity (Wildman–Crippen MR) is 116 cm³/mol. The van der Waals surface area contributed by atoms with Crippen molar-refractivity contribution in [2.75, 3.05) is 0 Å². The molecular weight excluding hydrogens is 364 g/mol. The number of ether oxygens (including phenoxy) is 3. The van der Waals surface area contributed by atoms with Gasteiger partial charge in [0.15, 0.2) is 0 Å². The van der Waals surface area contributed by atoms with E-state index in [0.29, 0.717) is 11.3 Å². The highest BCUT2D eigenvalue weighted by Gasteiger charge is 2.40. The molecule has 4 nitrogen and oxygen atoms in total. The van der Waals surface area contributed by atoms with E-state index in [1.807, 2.05) is 13.8 Å². The Hall–Kier alpha value is -1.97. The van der Waals surface area contributed by atoms with E-state index >= 15 is 0 Å². The van der Waals surface area contributed by atoms with Crippen LogP contribution >= 0.6 is 0 Å². The van der Waals surface area contributed by atoms with Crippen LogP contribution in [0.2, 0.25) is 0 Å². The molecule has 0 saturated carbocycles. The van der Waals surface area contributed by atoms with Crippen molar-refractivity contribution in [3.05, 3.63) is 34.4 Å². The largest absolute Gasteiger partial charge is 0.491 e. The van der Waals surface area contributed by atoms with Crippen LogP contribution < -0.4 is 9.47 Å². The van der Waals surface area contributed by atoms with Crippen LogP contribution in [0.15, 0.2) is 17.7 Å². The molecule has 1 atom stereocenters. The van der Waals surface area contributed by atoms with E-state index in [2.05, 4.69) is 26.0 Å². The first kappa shape index (κ1) is 21.7. The summed E-state index contributed by atoms with van der Waals surface area (Å²) >= 11 is 0. The van der Waals surface area contributed by atoms with Crippen LogP contribution in [0.5, 0.6) is 11.5 Å². The Labute approximate surface area is 175 Å². The molecule has 1 aromatic carbocycles. The summed E-state index contributed by atoms with van der Waals surface area (Å²) in [6, 6.07) is 2.07. The summed E-state index contributed by atoms with van der Waals surface area (Å²) in [4.78, 5) is 13.0. The van der Waals surface area contributed by atoms with Gasteiger partial charge in [-0.2, -0.15) is 0 Å². The summed E-state index contributed by atoms with van der Waals surface area (Å²) in [6.07, 6.45) is 9.78. The van der Waals surface area contributed by atoms with Gasteiger partial charge in [0.05, 0.1) is 6.10 Å². The van der Waals surface area contributed by atoms with Crippen molar-refractivity contribution in [1.29, 1.82) is 0 Å². The lowest BCUT2D eigenvalue weighted by Gasteiger charge is -2.36.